The van der Waals surface area contributed by atoms with Gasteiger partial charge in [-0.1, -0.05) is 6.58 Å². The second-order valence-corrected chi connectivity index (χ2v) is 2.72. The standard InChI is InChI=1S/C10H15N5O/c1-3-12-10(14-8-15-11-2)13-7-9-5-4-6-16-9/h3-6,8,11H,1,7H2,2H3,(H2,12,13,14,15). The van der Waals surface area contributed by atoms with Crippen molar-refractivity contribution in [1.29, 1.82) is 0 Å². The van der Waals surface area contributed by atoms with Gasteiger partial charge in [0.15, 0.2) is 0 Å². The summed E-state index contributed by atoms with van der Waals surface area (Å²) in [5, 5.41) is 9.67. The molecule has 0 spiro atoms. The Kier molecular flexibility index (Phi) is 5.25. The molecule has 16 heavy (non-hydrogen) atoms. The van der Waals surface area contributed by atoms with Gasteiger partial charge in [0.1, 0.15) is 12.1 Å². The van der Waals surface area contributed by atoms with Crippen molar-refractivity contribution in [3.63, 3.8) is 0 Å². The van der Waals surface area contributed by atoms with Crippen molar-refractivity contribution in [2.45, 2.75) is 6.54 Å². The molecule has 0 bridgehead atoms. The van der Waals surface area contributed by atoms with Crippen molar-refractivity contribution in [3.8, 4) is 0 Å². The Morgan fingerprint density at radius 1 is 1.62 bits per heavy atom. The molecular weight excluding hydrogens is 206 g/mol. The summed E-state index contributed by atoms with van der Waals surface area (Å²) in [6, 6.07) is 3.71. The lowest BCUT2D eigenvalue weighted by Gasteiger charge is -2.06. The molecule has 0 aliphatic rings. The van der Waals surface area contributed by atoms with Crippen LogP contribution in [-0.4, -0.2) is 19.3 Å². The molecule has 0 saturated heterocycles. The van der Waals surface area contributed by atoms with E-state index in [4.69, 9.17) is 4.42 Å². The van der Waals surface area contributed by atoms with E-state index in [1.54, 1.807) is 13.3 Å². The third-order valence-electron chi connectivity index (χ3n) is 1.63. The number of hydrogen-bond donors (Lipinski definition) is 3. The molecule has 1 aromatic rings. The van der Waals surface area contributed by atoms with Gasteiger partial charge in [0.05, 0.1) is 12.8 Å². The monoisotopic (exact) mass is 221 g/mol. The summed E-state index contributed by atoms with van der Waals surface area (Å²) >= 11 is 0. The summed E-state index contributed by atoms with van der Waals surface area (Å²) in [7, 11) is 1.71. The fourth-order valence-electron chi connectivity index (χ4n) is 0.967. The number of furan rings is 1. The fraction of sp³-hybridized carbons (Fsp3) is 0.200. The summed E-state index contributed by atoms with van der Waals surface area (Å²) < 4.78 is 5.17. The predicted molar refractivity (Wildman–Crippen MR) is 63.9 cm³/mol. The summed E-state index contributed by atoms with van der Waals surface area (Å²) in [4.78, 5) is 3.99. The number of hydrazone groups is 1. The second-order valence-electron chi connectivity index (χ2n) is 2.72. The first-order chi connectivity index (χ1) is 7.86. The molecule has 0 radical (unpaired) electrons. The maximum atomic E-state index is 5.17. The van der Waals surface area contributed by atoms with Crippen LogP contribution in [0.2, 0.25) is 0 Å². The maximum Gasteiger partial charge on any atom is 0.201 e. The SMILES string of the molecule is C=C/N=C(\N/C=N\NC)NCc1ccco1. The Balaban J connectivity index is 2.42. The van der Waals surface area contributed by atoms with E-state index in [0.717, 1.165) is 5.76 Å². The summed E-state index contributed by atoms with van der Waals surface area (Å²) in [6.45, 7) is 4.06. The van der Waals surface area contributed by atoms with Crippen LogP contribution in [0.15, 0.2) is 45.7 Å². The predicted octanol–water partition coefficient (Wildman–Crippen LogP) is 0.621. The van der Waals surface area contributed by atoms with Crippen LogP contribution in [0.5, 0.6) is 0 Å². The number of rotatable bonds is 5. The minimum absolute atomic E-state index is 0.542. The number of nitrogens with one attached hydrogen (secondary N) is 3. The fourth-order valence-corrected chi connectivity index (χ4v) is 0.967. The van der Waals surface area contributed by atoms with Crippen molar-refractivity contribution in [3.05, 3.63) is 36.9 Å². The topological polar surface area (TPSA) is 74.0 Å². The molecule has 0 fully saturated rings. The Bertz CT molecular complexity index is 355. The van der Waals surface area contributed by atoms with Crippen LogP contribution in [0.1, 0.15) is 5.76 Å². The van der Waals surface area contributed by atoms with Crippen molar-refractivity contribution in [1.82, 2.24) is 16.1 Å². The van der Waals surface area contributed by atoms with Crippen LogP contribution < -0.4 is 16.1 Å². The largest absolute Gasteiger partial charge is 0.467 e. The normalized spacial score (nSPS) is 11.4. The zero-order valence-electron chi connectivity index (χ0n) is 9.10. The number of aliphatic imine (C=N–C) groups is 1. The van der Waals surface area contributed by atoms with Gasteiger partial charge in [-0.3, -0.25) is 0 Å². The lowest BCUT2D eigenvalue weighted by atomic mass is 10.4. The van der Waals surface area contributed by atoms with Crippen molar-refractivity contribution in [2.24, 2.45) is 10.1 Å². The smallest absolute Gasteiger partial charge is 0.201 e. The highest BCUT2D eigenvalue weighted by molar-refractivity contribution is 5.90. The van der Waals surface area contributed by atoms with Crippen LogP contribution >= 0.6 is 0 Å². The third-order valence-corrected chi connectivity index (χ3v) is 1.63. The molecule has 3 N–H and O–H groups in total. The number of hydrogen-bond acceptors (Lipinski definition) is 4. The molecule has 6 nitrogen and oxygen atoms in total. The average Bonchev–Trinajstić information content (AvgIpc) is 2.79. The van der Waals surface area contributed by atoms with Gasteiger partial charge >= 0.3 is 0 Å². The summed E-state index contributed by atoms with van der Waals surface area (Å²) in [5.41, 5.74) is 2.61. The molecular formula is C10H15N5O. The minimum atomic E-state index is 0.542. The molecule has 0 aliphatic heterocycles. The van der Waals surface area contributed by atoms with Crippen LogP contribution in [0.4, 0.5) is 0 Å². The molecule has 1 rings (SSSR count). The van der Waals surface area contributed by atoms with Crippen LogP contribution in [0.25, 0.3) is 0 Å². The lowest BCUT2D eigenvalue weighted by Crippen LogP contribution is -2.36. The molecule has 0 aromatic carbocycles. The zero-order chi connectivity index (χ0) is 11.6. The maximum absolute atomic E-state index is 5.17. The molecule has 86 valence electrons. The van der Waals surface area contributed by atoms with E-state index in [1.807, 2.05) is 12.1 Å². The molecule has 1 aromatic heterocycles. The zero-order valence-corrected chi connectivity index (χ0v) is 9.10. The first-order valence-electron chi connectivity index (χ1n) is 4.76. The van der Waals surface area contributed by atoms with Gasteiger partial charge in [-0.2, -0.15) is 5.10 Å². The molecule has 0 saturated carbocycles. The second kappa shape index (κ2) is 7.10. The molecule has 1 heterocycles. The van der Waals surface area contributed by atoms with Crippen LogP contribution in [-0.2, 0) is 6.54 Å². The van der Waals surface area contributed by atoms with Crippen LogP contribution in [0.3, 0.4) is 0 Å². The molecule has 0 amide bonds. The lowest BCUT2D eigenvalue weighted by molar-refractivity contribution is 0.502. The van der Waals surface area contributed by atoms with Crippen molar-refractivity contribution in [2.75, 3.05) is 7.05 Å². The average molecular weight is 221 g/mol. The first kappa shape index (κ1) is 11.8. The van der Waals surface area contributed by atoms with E-state index in [0.29, 0.717) is 12.5 Å². The third kappa shape index (κ3) is 4.32. The van der Waals surface area contributed by atoms with Gasteiger partial charge in [0.2, 0.25) is 5.96 Å². The first-order valence-corrected chi connectivity index (χ1v) is 4.76. The Hall–Kier alpha value is -2.24. The minimum Gasteiger partial charge on any atom is -0.467 e. The number of guanidine groups is 1. The highest BCUT2D eigenvalue weighted by Crippen LogP contribution is 1.97. The quantitative estimate of drug-likeness (QED) is 0.387. The van der Waals surface area contributed by atoms with Crippen molar-refractivity contribution < 1.29 is 4.42 Å². The molecule has 0 aliphatic carbocycles. The van der Waals surface area contributed by atoms with E-state index < -0.39 is 0 Å². The Morgan fingerprint density at radius 3 is 3.12 bits per heavy atom. The van der Waals surface area contributed by atoms with Gasteiger partial charge in [0.25, 0.3) is 0 Å². The van der Waals surface area contributed by atoms with E-state index >= 15 is 0 Å². The van der Waals surface area contributed by atoms with Gasteiger partial charge in [0, 0.05) is 13.2 Å². The van der Waals surface area contributed by atoms with E-state index in [1.165, 1.54) is 12.5 Å². The molecule has 0 unspecified atom stereocenters. The van der Waals surface area contributed by atoms with E-state index in [9.17, 15) is 0 Å². The number of nitrogens with zero attached hydrogens (tertiary/aromatic N) is 2. The summed E-state index contributed by atoms with van der Waals surface area (Å²) in [6.07, 6.45) is 4.54. The highest BCUT2D eigenvalue weighted by Gasteiger charge is 1.97. The van der Waals surface area contributed by atoms with E-state index in [2.05, 4.69) is 32.7 Å². The molecule has 6 heteroatoms. The van der Waals surface area contributed by atoms with E-state index in [-0.39, 0.29) is 0 Å². The van der Waals surface area contributed by atoms with Gasteiger partial charge in [-0.05, 0) is 12.1 Å². The Morgan fingerprint density at radius 2 is 2.50 bits per heavy atom. The molecule has 0 atom stereocenters. The van der Waals surface area contributed by atoms with Gasteiger partial charge < -0.3 is 20.5 Å². The van der Waals surface area contributed by atoms with Crippen molar-refractivity contribution >= 4 is 12.3 Å². The highest BCUT2D eigenvalue weighted by atomic mass is 16.3. The summed E-state index contributed by atoms with van der Waals surface area (Å²) in [5.74, 6) is 1.37. The Labute approximate surface area is 94.1 Å². The van der Waals surface area contributed by atoms with Gasteiger partial charge in [-0.25, -0.2) is 4.99 Å². The van der Waals surface area contributed by atoms with Crippen LogP contribution in [0, 0.1) is 0 Å². The van der Waals surface area contributed by atoms with Gasteiger partial charge in [-0.15, -0.1) is 0 Å².